The van der Waals surface area contributed by atoms with Crippen molar-refractivity contribution in [1.82, 2.24) is 14.5 Å². The Balaban J connectivity index is 2.15. The average Bonchev–Trinajstić information content (AvgIpc) is 2.89. The van der Waals surface area contributed by atoms with Gasteiger partial charge in [-0.15, -0.1) is 0 Å². The summed E-state index contributed by atoms with van der Waals surface area (Å²) in [7, 11) is 1.53. The van der Waals surface area contributed by atoms with Gasteiger partial charge in [0.1, 0.15) is 11.6 Å². The Hall–Kier alpha value is -2.25. The van der Waals surface area contributed by atoms with Gasteiger partial charge in [0.05, 0.1) is 11.9 Å². The van der Waals surface area contributed by atoms with Gasteiger partial charge in [-0.25, -0.2) is 9.97 Å². The maximum absolute atomic E-state index is 12.8. The van der Waals surface area contributed by atoms with E-state index in [1.54, 1.807) is 18.7 Å². The summed E-state index contributed by atoms with van der Waals surface area (Å²) in [6.07, 6.45) is 0.681. The van der Waals surface area contributed by atoms with Crippen molar-refractivity contribution in [3.63, 3.8) is 0 Å². The van der Waals surface area contributed by atoms with Gasteiger partial charge < -0.3 is 15.2 Å². The molecule has 0 aliphatic carbocycles. The third-order valence-corrected chi connectivity index (χ3v) is 2.85. The first kappa shape index (κ1) is 15.1. The quantitative estimate of drug-likeness (QED) is 0.891. The van der Waals surface area contributed by atoms with E-state index >= 15 is 0 Å². The summed E-state index contributed by atoms with van der Waals surface area (Å²) < 4.78 is 40.3. The van der Waals surface area contributed by atoms with Gasteiger partial charge in [0, 0.05) is 32.0 Å². The summed E-state index contributed by atoms with van der Waals surface area (Å²) in [5, 5.41) is 5.60. The van der Waals surface area contributed by atoms with E-state index in [4.69, 9.17) is 0 Å². The summed E-state index contributed by atoms with van der Waals surface area (Å²) in [5.74, 6) is 0.351. The van der Waals surface area contributed by atoms with E-state index in [0.717, 1.165) is 12.1 Å². The van der Waals surface area contributed by atoms with E-state index in [9.17, 15) is 13.2 Å². The number of hydrogen-bond donors (Lipinski definition) is 2. The van der Waals surface area contributed by atoms with Crippen LogP contribution in [0.5, 0.6) is 0 Å². The van der Waals surface area contributed by atoms with Crippen molar-refractivity contribution in [1.29, 1.82) is 0 Å². The van der Waals surface area contributed by atoms with Crippen LogP contribution in [-0.4, -0.2) is 27.6 Å². The minimum Gasteiger partial charge on any atom is -0.373 e. The molecule has 0 spiro atoms. The smallest absolute Gasteiger partial charge is 0.373 e. The van der Waals surface area contributed by atoms with Crippen LogP contribution in [-0.2, 0) is 12.7 Å². The Labute approximate surface area is 120 Å². The topological polar surface area (TPSA) is 54.8 Å². The van der Waals surface area contributed by atoms with E-state index < -0.39 is 11.7 Å². The fraction of sp³-hybridized carbons (Fsp3) is 0.385. The Morgan fingerprint density at radius 1 is 1.29 bits per heavy atom. The molecule has 5 nitrogen and oxygen atoms in total. The number of imidazole rings is 1. The van der Waals surface area contributed by atoms with Crippen molar-refractivity contribution in [2.75, 3.05) is 17.7 Å². The predicted octanol–water partition coefficient (Wildman–Crippen LogP) is 2.84. The molecule has 0 bridgehead atoms. The summed E-state index contributed by atoms with van der Waals surface area (Å²) in [5.41, 5.74) is -0.737. The Morgan fingerprint density at radius 2 is 2.00 bits per heavy atom. The van der Waals surface area contributed by atoms with E-state index in [1.165, 1.54) is 7.05 Å². The highest BCUT2D eigenvalue weighted by Crippen LogP contribution is 2.32. The van der Waals surface area contributed by atoms with Gasteiger partial charge in [0.15, 0.2) is 0 Å². The molecule has 2 aromatic rings. The average molecular weight is 299 g/mol. The molecule has 0 saturated carbocycles. The molecule has 0 aromatic carbocycles. The van der Waals surface area contributed by atoms with Crippen LogP contribution in [0, 0.1) is 0 Å². The van der Waals surface area contributed by atoms with Crippen LogP contribution in [0.2, 0.25) is 0 Å². The highest BCUT2D eigenvalue weighted by Gasteiger charge is 2.31. The summed E-state index contributed by atoms with van der Waals surface area (Å²) in [6.45, 7) is 2.44. The van der Waals surface area contributed by atoms with Crippen molar-refractivity contribution in [2.24, 2.45) is 0 Å². The number of rotatable bonds is 5. The molecule has 2 aromatic heterocycles. The molecule has 2 N–H and O–H groups in total. The number of anilines is 2. The zero-order valence-corrected chi connectivity index (χ0v) is 11.6. The standard InChI is InChI=1S/C13H16F3N5/c1-9(7-21-4-3-18-8-21)19-12-6-10(13(14,15)16)5-11(17-2)20-12/h3-6,8-9H,7H2,1-2H3,(H2,17,19,20). The van der Waals surface area contributed by atoms with Crippen molar-refractivity contribution < 1.29 is 13.2 Å². The monoisotopic (exact) mass is 299 g/mol. The lowest BCUT2D eigenvalue weighted by atomic mass is 10.2. The van der Waals surface area contributed by atoms with Crippen molar-refractivity contribution in [3.05, 3.63) is 36.4 Å². The van der Waals surface area contributed by atoms with Crippen LogP contribution < -0.4 is 10.6 Å². The lowest BCUT2D eigenvalue weighted by Gasteiger charge is -2.17. The summed E-state index contributed by atoms with van der Waals surface area (Å²) in [4.78, 5) is 8.00. The van der Waals surface area contributed by atoms with Crippen molar-refractivity contribution in [2.45, 2.75) is 25.7 Å². The molecule has 1 unspecified atom stereocenters. The number of nitrogens with one attached hydrogen (secondary N) is 2. The zero-order valence-electron chi connectivity index (χ0n) is 11.6. The highest BCUT2D eigenvalue weighted by molar-refractivity contribution is 5.49. The van der Waals surface area contributed by atoms with Gasteiger partial charge in [-0.3, -0.25) is 0 Å². The van der Waals surface area contributed by atoms with Crippen LogP contribution in [0.15, 0.2) is 30.9 Å². The molecular formula is C13H16F3N5. The van der Waals surface area contributed by atoms with E-state index in [0.29, 0.717) is 6.54 Å². The SMILES string of the molecule is CNc1cc(C(F)(F)F)cc(NC(C)Cn2ccnc2)n1. The van der Waals surface area contributed by atoms with E-state index in [2.05, 4.69) is 20.6 Å². The van der Waals surface area contributed by atoms with Crippen molar-refractivity contribution >= 4 is 11.6 Å². The van der Waals surface area contributed by atoms with Crippen LogP contribution >= 0.6 is 0 Å². The minimum absolute atomic E-state index is 0.0973. The molecule has 2 rings (SSSR count). The fourth-order valence-corrected chi connectivity index (χ4v) is 1.91. The summed E-state index contributed by atoms with van der Waals surface area (Å²) >= 11 is 0. The van der Waals surface area contributed by atoms with Crippen LogP contribution in [0.4, 0.5) is 24.8 Å². The van der Waals surface area contributed by atoms with Gasteiger partial charge in [-0.05, 0) is 19.1 Å². The highest BCUT2D eigenvalue weighted by atomic mass is 19.4. The molecule has 0 amide bonds. The van der Waals surface area contributed by atoms with E-state index in [1.807, 2.05) is 11.5 Å². The first-order valence-electron chi connectivity index (χ1n) is 6.38. The number of pyridine rings is 1. The molecule has 0 aliphatic heterocycles. The number of hydrogen-bond acceptors (Lipinski definition) is 4. The van der Waals surface area contributed by atoms with Gasteiger partial charge in [0.2, 0.25) is 0 Å². The normalized spacial score (nSPS) is 13.0. The Kier molecular flexibility index (Phi) is 4.35. The van der Waals surface area contributed by atoms with Gasteiger partial charge in [-0.2, -0.15) is 13.2 Å². The van der Waals surface area contributed by atoms with Crippen LogP contribution in [0.25, 0.3) is 0 Å². The number of halogens is 3. The van der Waals surface area contributed by atoms with Crippen LogP contribution in [0.1, 0.15) is 12.5 Å². The third kappa shape index (κ3) is 4.11. The molecule has 0 aliphatic rings. The first-order chi connectivity index (χ1) is 9.88. The molecule has 2 heterocycles. The largest absolute Gasteiger partial charge is 0.416 e. The zero-order chi connectivity index (χ0) is 15.5. The third-order valence-electron chi connectivity index (χ3n) is 2.85. The Morgan fingerprint density at radius 3 is 2.57 bits per heavy atom. The summed E-state index contributed by atoms with van der Waals surface area (Å²) in [6, 6.07) is 1.89. The molecule has 21 heavy (non-hydrogen) atoms. The second kappa shape index (κ2) is 6.02. The van der Waals surface area contributed by atoms with Gasteiger partial charge in [-0.1, -0.05) is 0 Å². The number of nitrogens with zero attached hydrogens (tertiary/aromatic N) is 3. The maximum atomic E-state index is 12.8. The second-order valence-electron chi connectivity index (χ2n) is 4.68. The molecular weight excluding hydrogens is 283 g/mol. The van der Waals surface area contributed by atoms with Crippen LogP contribution in [0.3, 0.4) is 0 Å². The minimum atomic E-state index is -4.40. The second-order valence-corrected chi connectivity index (χ2v) is 4.68. The molecule has 1 atom stereocenters. The number of aromatic nitrogens is 3. The first-order valence-corrected chi connectivity index (χ1v) is 6.38. The molecule has 114 valence electrons. The molecule has 0 saturated heterocycles. The number of alkyl halides is 3. The molecule has 0 fully saturated rings. The van der Waals surface area contributed by atoms with Gasteiger partial charge >= 0.3 is 6.18 Å². The van der Waals surface area contributed by atoms with Crippen molar-refractivity contribution in [3.8, 4) is 0 Å². The molecule has 0 radical (unpaired) electrons. The molecule has 8 heteroatoms. The predicted molar refractivity (Wildman–Crippen MR) is 74.1 cm³/mol. The fourth-order valence-electron chi connectivity index (χ4n) is 1.91. The lowest BCUT2D eigenvalue weighted by Crippen LogP contribution is -2.22. The van der Waals surface area contributed by atoms with E-state index in [-0.39, 0.29) is 17.7 Å². The maximum Gasteiger partial charge on any atom is 0.416 e. The van der Waals surface area contributed by atoms with Gasteiger partial charge in [0.25, 0.3) is 0 Å². The lowest BCUT2D eigenvalue weighted by molar-refractivity contribution is -0.137. The Bertz CT molecular complexity index is 580.